The van der Waals surface area contributed by atoms with Gasteiger partial charge in [0, 0.05) is 0 Å². The fourth-order valence-electron chi connectivity index (χ4n) is 3.07. The van der Waals surface area contributed by atoms with Gasteiger partial charge in [-0.05, 0) is 48.6 Å². The highest BCUT2D eigenvalue weighted by molar-refractivity contribution is 5.32. The Morgan fingerprint density at radius 1 is 1.00 bits per heavy atom. The second-order valence-corrected chi connectivity index (χ2v) is 6.11. The summed E-state index contributed by atoms with van der Waals surface area (Å²) in [6.07, 6.45) is 7.29. The maximum atomic E-state index is 10.0. The Balaban J connectivity index is 1.71. The number of hydrogen-bond acceptors (Lipinski definition) is 1. The van der Waals surface area contributed by atoms with E-state index in [0.717, 1.165) is 30.2 Å². The van der Waals surface area contributed by atoms with Gasteiger partial charge in [-0.2, -0.15) is 0 Å². The van der Waals surface area contributed by atoms with Gasteiger partial charge < -0.3 is 5.11 Å². The van der Waals surface area contributed by atoms with Crippen LogP contribution in [0.3, 0.4) is 0 Å². The van der Waals surface area contributed by atoms with Gasteiger partial charge in [0.25, 0.3) is 0 Å². The average Bonchev–Trinajstić information content (AvgIpc) is 3.10. The normalized spacial score (nSPS) is 31.2. The van der Waals surface area contributed by atoms with Gasteiger partial charge in [-0.1, -0.05) is 44.0 Å². The van der Waals surface area contributed by atoms with E-state index in [-0.39, 0.29) is 0 Å². The fourth-order valence-corrected chi connectivity index (χ4v) is 3.07. The van der Waals surface area contributed by atoms with Crippen molar-refractivity contribution < 1.29 is 5.11 Å². The molecule has 0 aliphatic heterocycles. The molecule has 1 aromatic carbocycles. The summed E-state index contributed by atoms with van der Waals surface area (Å²) >= 11 is 0. The Hall–Kier alpha value is -0.820. The third kappa shape index (κ3) is 2.26. The summed E-state index contributed by atoms with van der Waals surface area (Å²) in [6.45, 7) is 2.36. The van der Waals surface area contributed by atoms with E-state index in [0.29, 0.717) is 0 Å². The molecule has 0 atom stereocenters. The molecule has 0 unspecified atom stereocenters. The van der Waals surface area contributed by atoms with E-state index in [1.54, 1.807) is 0 Å². The molecule has 0 aromatic heterocycles. The number of aliphatic hydroxyl groups is 1. The summed E-state index contributed by atoms with van der Waals surface area (Å²) in [5.74, 6) is 1.67. The third-order valence-corrected chi connectivity index (χ3v) is 4.66. The Morgan fingerprint density at radius 2 is 1.59 bits per heavy atom. The van der Waals surface area contributed by atoms with E-state index in [9.17, 15) is 5.11 Å². The van der Waals surface area contributed by atoms with E-state index in [1.165, 1.54) is 31.2 Å². The molecule has 1 aromatic rings. The van der Waals surface area contributed by atoms with Crippen LogP contribution in [0.5, 0.6) is 0 Å². The van der Waals surface area contributed by atoms with Gasteiger partial charge in [0.15, 0.2) is 0 Å². The molecule has 2 fully saturated rings. The van der Waals surface area contributed by atoms with Crippen LogP contribution < -0.4 is 0 Å². The first kappa shape index (κ1) is 11.3. The van der Waals surface area contributed by atoms with E-state index in [1.807, 2.05) is 0 Å². The molecule has 2 saturated carbocycles. The van der Waals surface area contributed by atoms with Crippen molar-refractivity contribution in [2.75, 3.05) is 0 Å². The van der Waals surface area contributed by atoms with Crippen molar-refractivity contribution in [1.29, 1.82) is 0 Å². The maximum absolute atomic E-state index is 10.0. The lowest BCUT2D eigenvalue weighted by Crippen LogP contribution is -2.11. The average molecular weight is 230 g/mol. The lowest BCUT2D eigenvalue weighted by molar-refractivity contribution is 0.151. The molecule has 1 nitrogen and oxygen atoms in total. The molecular weight excluding hydrogens is 208 g/mol. The highest BCUT2D eigenvalue weighted by Crippen LogP contribution is 2.45. The second-order valence-electron chi connectivity index (χ2n) is 6.11. The van der Waals surface area contributed by atoms with Crippen LogP contribution in [0, 0.1) is 5.92 Å². The maximum Gasteiger partial charge on any atom is 0.0899 e. The second kappa shape index (κ2) is 4.13. The highest BCUT2D eigenvalue weighted by Gasteiger charge is 2.41. The van der Waals surface area contributed by atoms with Gasteiger partial charge in [0.05, 0.1) is 5.60 Å². The Labute approximate surface area is 104 Å². The molecule has 0 spiro atoms. The minimum absolute atomic E-state index is 0.473. The molecule has 2 aliphatic carbocycles. The summed E-state index contributed by atoms with van der Waals surface area (Å²) < 4.78 is 0. The summed E-state index contributed by atoms with van der Waals surface area (Å²) in [7, 11) is 0. The van der Waals surface area contributed by atoms with Gasteiger partial charge in [-0.25, -0.2) is 0 Å². The molecule has 0 saturated heterocycles. The van der Waals surface area contributed by atoms with Crippen molar-refractivity contribution in [3.8, 4) is 0 Å². The zero-order valence-corrected chi connectivity index (χ0v) is 10.7. The standard InChI is InChI=1S/C16H22O/c1-12-2-4-13(5-3-12)14-6-8-15(9-7-14)16(17)10-11-16/h6-9,12-13,17H,2-5,10-11H2,1H3. The molecular formula is C16H22O. The van der Waals surface area contributed by atoms with Gasteiger partial charge in [-0.3, -0.25) is 0 Å². The zero-order valence-electron chi connectivity index (χ0n) is 10.7. The Bertz CT molecular complexity index is 380. The number of rotatable bonds is 2. The Kier molecular flexibility index (Phi) is 2.74. The molecule has 3 rings (SSSR count). The third-order valence-electron chi connectivity index (χ3n) is 4.66. The molecule has 1 N–H and O–H groups in total. The van der Waals surface area contributed by atoms with E-state index in [4.69, 9.17) is 0 Å². The predicted octanol–water partition coefficient (Wildman–Crippen LogP) is 3.96. The van der Waals surface area contributed by atoms with Crippen LogP contribution in [-0.2, 0) is 5.60 Å². The Morgan fingerprint density at radius 3 is 2.12 bits per heavy atom. The minimum Gasteiger partial charge on any atom is -0.385 e. The van der Waals surface area contributed by atoms with E-state index in [2.05, 4.69) is 31.2 Å². The van der Waals surface area contributed by atoms with Crippen molar-refractivity contribution >= 4 is 0 Å². The summed E-state index contributed by atoms with van der Waals surface area (Å²) in [5.41, 5.74) is 2.12. The lowest BCUT2D eigenvalue weighted by atomic mass is 9.79. The van der Waals surface area contributed by atoms with Crippen molar-refractivity contribution in [2.24, 2.45) is 5.92 Å². The first-order valence-electron chi connectivity index (χ1n) is 7.00. The zero-order chi connectivity index (χ0) is 11.9. The van der Waals surface area contributed by atoms with Crippen LogP contribution in [0.1, 0.15) is 62.5 Å². The van der Waals surface area contributed by atoms with Crippen LogP contribution in [0.15, 0.2) is 24.3 Å². The summed E-state index contributed by atoms with van der Waals surface area (Å²) in [6, 6.07) is 8.76. The van der Waals surface area contributed by atoms with Gasteiger partial charge in [-0.15, -0.1) is 0 Å². The van der Waals surface area contributed by atoms with Gasteiger partial charge in [0.2, 0.25) is 0 Å². The van der Waals surface area contributed by atoms with Crippen molar-refractivity contribution in [3.05, 3.63) is 35.4 Å². The molecule has 2 aliphatic rings. The van der Waals surface area contributed by atoms with Crippen molar-refractivity contribution in [3.63, 3.8) is 0 Å². The van der Waals surface area contributed by atoms with Crippen molar-refractivity contribution in [2.45, 2.75) is 57.0 Å². The smallest absolute Gasteiger partial charge is 0.0899 e. The molecule has 92 valence electrons. The van der Waals surface area contributed by atoms with E-state index < -0.39 is 5.60 Å². The van der Waals surface area contributed by atoms with Crippen LogP contribution >= 0.6 is 0 Å². The molecule has 0 bridgehead atoms. The number of hydrogen-bond donors (Lipinski definition) is 1. The van der Waals surface area contributed by atoms with Crippen LogP contribution in [0.2, 0.25) is 0 Å². The molecule has 0 radical (unpaired) electrons. The SMILES string of the molecule is CC1CCC(c2ccc(C3(O)CC3)cc2)CC1. The quantitative estimate of drug-likeness (QED) is 0.815. The first-order valence-corrected chi connectivity index (χ1v) is 7.00. The molecule has 1 heteroatoms. The van der Waals surface area contributed by atoms with Gasteiger partial charge in [0.1, 0.15) is 0 Å². The van der Waals surface area contributed by atoms with Gasteiger partial charge >= 0.3 is 0 Å². The predicted molar refractivity (Wildman–Crippen MR) is 69.9 cm³/mol. The highest BCUT2D eigenvalue weighted by atomic mass is 16.3. The molecule has 17 heavy (non-hydrogen) atoms. The van der Waals surface area contributed by atoms with Crippen LogP contribution in [0.25, 0.3) is 0 Å². The summed E-state index contributed by atoms with van der Waals surface area (Å²) in [5, 5.41) is 10.0. The van der Waals surface area contributed by atoms with Crippen LogP contribution in [0.4, 0.5) is 0 Å². The number of benzene rings is 1. The van der Waals surface area contributed by atoms with Crippen LogP contribution in [-0.4, -0.2) is 5.11 Å². The molecule has 0 heterocycles. The van der Waals surface area contributed by atoms with E-state index >= 15 is 0 Å². The topological polar surface area (TPSA) is 20.2 Å². The monoisotopic (exact) mass is 230 g/mol. The lowest BCUT2D eigenvalue weighted by Gasteiger charge is -2.26. The molecule has 0 amide bonds. The largest absolute Gasteiger partial charge is 0.385 e. The fraction of sp³-hybridized carbons (Fsp3) is 0.625. The van der Waals surface area contributed by atoms with Crippen molar-refractivity contribution in [1.82, 2.24) is 0 Å². The summed E-state index contributed by atoms with van der Waals surface area (Å²) in [4.78, 5) is 0. The minimum atomic E-state index is -0.473. The first-order chi connectivity index (χ1) is 8.17.